The van der Waals surface area contributed by atoms with E-state index < -0.39 is 0 Å². The lowest BCUT2D eigenvalue weighted by molar-refractivity contribution is 0.974. The zero-order valence-corrected chi connectivity index (χ0v) is 10.7. The average Bonchev–Trinajstić information content (AvgIpc) is 2.52. The lowest BCUT2D eigenvalue weighted by atomic mass is 10.0. The second-order valence-corrected chi connectivity index (χ2v) is 5.76. The molecule has 1 heteroatoms. The summed E-state index contributed by atoms with van der Waals surface area (Å²) < 4.78 is 0. The molecule has 0 bridgehead atoms. The third-order valence-corrected chi connectivity index (χ3v) is 4.22. The molecule has 1 heterocycles. The highest BCUT2D eigenvalue weighted by Gasteiger charge is 2.12. The van der Waals surface area contributed by atoms with Gasteiger partial charge in [-0.15, -0.1) is 11.8 Å². The Kier molecular flexibility index (Phi) is 3.89. The monoisotopic (exact) mass is 230 g/mol. The number of thioether (sulfide) groups is 1. The van der Waals surface area contributed by atoms with E-state index in [9.17, 15) is 0 Å². The molecule has 0 nitrogen and oxygen atoms in total. The standard InChI is InChI=1S/C15H18S/c1-3-15-11-14(10-9-12(2)16-15)13-7-5-4-6-8-13/h4-12,15H,3H2,1-2H3. The number of allylic oxidation sites excluding steroid dienone is 2. The Hall–Kier alpha value is -0.950. The Balaban J connectivity index is 2.31. The fraction of sp³-hybridized carbons (Fsp3) is 0.333. The van der Waals surface area contributed by atoms with Crippen LogP contribution in [0.4, 0.5) is 0 Å². The predicted molar refractivity (Wildman–Crippen MR) is 74.7 cm³/mol. The van der Waals surface area contributed by atoms with Gasteiger partial charge in [0.15, 0.2) is 0 Å². The van der Waals surface area contributed by atoms with Crippen LogP contribution in [0, 0.1) is 0 Å². The van der Waals surface area contributed by atoms with Crippen molar-refractivity contribution in [1.82, 2.24) is 0 Å². The van der Waals surface area contributed by atoms with Gasteiger partial charge in [0.25, 0.3) is 0 Å². The molecule has 16 heavy (non-hydrogen) atoms. The van der Waals surface area contributed by atoms with Crippen LogP contribution >= 0.6 is 11.8 Å². The van der Waals surface area contributed by atoms with Crippen molar-refractivity contribution in [2.24, 2.45) is 0 Å². The van der Waals surface area contributed by atoms with Gasteiger partial charge in [-0.1, -0.05) is 55.5 Å². The van der Waals surface area contributed by atoms with E-state index in [1.165, 1.54) is 17.6 Å². The molecule has 0 spiro atoms. The average molecular weight is 230 g/mol. The summed E-state index contributed by atoms with van der Waals surface area (Å²) in [5.41, 5.74) is 2.69. The number of hydrogen-bond acceptors (Lipinski definition) is 1. The molecular weight excluding hydrogens is 212 g/mol. The van der Waals surface area contributed by atoms with Gasteiger partial charge in [0.1, 0.15) is 0 Å². The molecule has 2 atom stereocenters. The van der Waals surface area contributed by atoms with E-state index in [1.54, 1.807) is 0 Å². The first-order chi connectivity index (χ1) is 7.79. The fourth-order valence-electron chi connectivity index (χ4n) is 1.89. The number of hydrogen-bond donors (Lipinski definition) is 0. The van der Waals surface area contributed by atoms with Crippen molar-refractivity contribution in [3.8, 4) is 0 Å². The second kappa shape index (κ2) is 5.40. The molecule has 0 saturated heterocycles. The van der Waals surface area contributed by atoms with Gasteiger partial charge in [-0.25, -0.2) is 0 Å². The van der Waals surface area contributed by atoms with Gasteiger partial charge in [-0.3, -0.25) is 0 Å². The van der Waals surface area contributed by atoms with Crippen LogP contribution < -0.4 is 0 Å². The highest BCUT2D eigenvalue weighted by Crippen LogP contribution is 2.30. The summed E-state index contributed by atoms with van der Waals surface area (Å²) in [6.45, 7) is 4.53. The molecule has 0 radical (unpaired) electrons. The van der Waals surface area contributed by atoms with Crippen LogP contribution in [0.5, 0.6) is 0 Å². The Morgan fingerprint density at radius 1 is 1.19 bits per heavy atom. The van der Waals surface area contributed by atoms with Crippen LogP contribution in [-0.4, -0.2) is 10.5 Å². The molecule has 0 amide bonds. The Bertz CT molecular complexity index is 389. The maximum absolute atomic E-state index is 2.40. The molecule has 0 fully saturated rings. The summed E-state index contributed by atoms with van der Waals surface area (Å²) >= 11 is 2.04. The zero-order chi connectivity index (χ0) is 11.4. The second-order valence-electron chi connectivity index (χ2n) is 4.14. The summed E-state index contributed by atoms with van der Waals surface area (Å²) in [7, 11) is 0. The fourth-order valence-corrected chi connectivity index (χ4v) is 3.03. The van der Waals surface area contributed by atoms with E-state index in [0.29, 0.717) is 10.5 Å². The van der Waals surface area contributed by atoms with Crippen molar-refractivity contribution in [3.63, 3.8) is 0 Å². The van der Waals surface area contributed by atoms with E-state index in [-0.39, 0.29) is 0 Å². The minimum absolute atomic E-state index is 0.613. The molecule has 1 aromatic carbocycles. The Morgan fingerprint density at radius 3 is 2.62 bits per heavy atom. The van der Waals surface area contributed by atoms with Crippen molar-refractivity contribution in [2.75, 3.05) is 0 Å². The van der Waals surface area contributed by atoms with Gasteiger partial charge >= 0.3 is 0 Å². The largest absolute Gasteiger partial charge is 0.147 e. The first kappa shape index (κ1) is 11.5. The molecule has 1 aliphatic rings. The third-order valence-electron chi connectivity index (χ3n) is 2.81. The summed E-state index contributed by atoms with van der Waals surface area (Å²) in [5.74, 6) is 0. The van der Waals surface area contributed by atoms with E-state index >= 15 is 0 Å². The maximum atomic E-state index is 2.40. The van der Waals surface area contributed by atoms with Crippen LogP contribution in [0.3, 0.4) is 0 Å². The highest BCUT2D eigenvalue weighted by atomic mass is 32.2. The first-order valence-electron chi connectivity index (χ1n) is 5.90. The van der Waals surface area contributed by atoms with Gasteiger partial charge in [-0.05, 0) is 24.5 Å². The Morgan fingerprint density at radius 2 is 1.94 bits per heavy atom. The highest BCUT2D eigenvalue weighted by molar-refractivity contribution is 8.00. The van der Waals surface area contributed by atoms with Crippen LogP contribution in [0.1, 0.15) is 25.8 Å². The molecule has 2 unspecified atom stereocenters. The molecule has 0 N–H and O–H groups in total. The number of benzene rings is 1. The van der Waals surface area contributed by atoms with Crippen molar-refractivity contribution < 1.29 is 0 Å². The van der Waals surface area contributed by atoms with Crippen LogP contribution in [-0.2, 0) is 0 Å². The van der Waals surface area contributed by atoms with Crippen molar-refractivity contribution >= 4 is 17.3 Å². The van der Waals surface area contributed by atoms with Gasteiger partial charge in [0.05, 0.1) is 0 Å². The van der Waals surface area contributed by atoms with Crippen molar-refractivity contribution in [2.45, 2.75) is 30.8 Å². The quantitative estimate of drug-likeness (QED) is 0.718. The van der Waals surface area contributed by atoms with E-state index in [0.717, 1.165) is 0 Å². The molecule has 1 aliphatic heterocycles. The van der Waals surface area contributed by atoms with Crippen molar-refractivity contribution in [3.05, 3.63) is 54.1 Å². The summed E-state index contributed by atoms with van der Waals surface area (Å²) in [6.07, 6.45) is 8.18. The predicted octanol–water partition coefficient (Wildman–Crippen LogP) is 4.54. The maximum Gasteiger partial charge on any atom is 0.0239 e. The molecule has 0 saturated carbocycles. The van der Waals surface area contributed by atoms with Crippen LogP contribution in [0.15, 0.2) is 48.6 Å². The zero-order valence-electron chi connectivity index (χ0n) is 9.89. The topological polar surface area (TPSA) is 0 Å². The minimum Gasteiger partial charge on any atom is -0.147 e. The molecule has 2 rings (SSSR count). The smallest absolute Gasteiger partial charge is 0.0239 e. The lowest BCUT2D eigenvalue weighted by Crippen LogP contribution is -2.00. The molecule has 0 aromatic heterocycles. The first-order valence-corrected chi connectivity index (χ1v) is 6.84. The minimum atomic E-state index is 0.613. The summed E-state index contributed by atoms with van der Waals surface area (Å²) in [6, 6.07) is 10.6. The number of rotatable bonds is 2. The van der Waals surface area contributed by atoms with Gasteiger partial charge < -0.3 is 0 Å². The molecule has 0 aliphatic carbocycles. The van der Waals surface area contributed by atoms with Crippen LogP contribution in [0.2, 0.25) is 0 Å². The third kappa shape index (κ3) is 2.79. The van der Waals surface area contributed by atoms with Crippen LogP contribution in [0.25, 0.3) is 5.57 Å². The normalized spacial score (nSPS) is 25.0. The van der Waals surface area contributed by atoms with Gasteiger partial charge in [-0.2, -0.15) is 0 Å². The van der Waals surface area contributed by atoms with Gasteiger partial charge in [0.2, 0.25) is 0 Å². The lowest BCUT2D eigenvalue weighted by Gasteiger charge is -2.11. The summed E-state index contributed by atoms with van der Waals surface area (Å²) in [5, 5.41) is 1.25. The molecular formula is C15H18S. The van der Waals surface area contributed by atoms with Gasteiger partial charge in [0, 0.05) is 10.5 Å². The molecule has 1 aromatic rings. The van der Waals surface area contributed by atoms with E-state index in [4.69, 9.17) is 0 Å². The van der Waals surface area contributed by atoms with Crippen molar-refractivity contribution in [1.29, 1.82) is 0 Å². The van der Waals surface area contributed by atoms with E-state index in [2.05, 4.69) is 62.4 Å². The van der Waals surface area contributed by atoms with E-state index in [1.807, 2.05) is 11.8 Å². The Labute approximate surface area is 102 Å². The SMILES string of the molecule is CCC1C=C(c2ccccc2)C=CC(C)S1. The molecule has 84 valence electrons. The summed E-state index contributed by atoms with van der Waals surface area (Å²) in [4.78, 5) is 0.